The van der Waals surface area contributed by atoms with Gasteiger partial charge in [-0.3, -0.25) is 9.98 Å². The maximum absolute atomic E-state index is 7.32. The number of benzene rings is 4. The summed E-state index contributed by atoms with van der Waals surface area (Å²) in [6, 6.07) is 6.35. The summed E-state index contributed by atoms with van der Waals surface area (Å²) in [5, 5.41) is 20.0. The second kappa shape index (κ2) is 23.8. The molecule has 0 unspecified atom stereocenters. The van der Waals surface area contributed by atoms with Gasteiger partial charge in [-0.25, -0.2) is 19.9 Å². The molecule has 4 heterocycles. The third-order valence-electron chi connectivity index (χ3n) is 14.8. The highest BCUT2D eigenvalue weighted by Crippen LogP contribution is 2.41. The van der Waals surface area contributed by atoms with E-state index in [-0.39, 0.29) is 14.9 Å². The average Bonchev–Trinajstić information content (AvgIpc) is 3.57. The van der Waals surface area contributed by atoms with Crippen molar-refractivity contribution in [1.29, 1.82) is 10.7 Å². The van der Waals surface area contributed by atoms with Crippen LogP contribution in [0.4, 0.5) is 11.9 Å². The molecule has 0 spiro atoms. The standard InChI is InChI=1S/2C27H32N4.C3H7N.C2H3N.2CH4/c2*1-13-10-22-24(18(6)14(13)2)25-21(12-30-27(28-9)31-25)11-29-26(22)23-19(7)16(4)15(3)17(5)20(23)8;1-3(2)4;1-2-3;;/h2*10,12H,11H2,1-9H3,(H,28,30,31);4H,1-2H3;1H3;2*1H4. The van der Waals surface area contributed by atoms with Crippen molar-refractivity contribution in [2.75, 3.05) is 24.7 Å². The van der Waals surface area contributed by atoms with E-state index >= 15 is 0 Å². The van der Waals surface area contributed by atoms with Crippen LogP contribution in [-0.2, 0) is 13.1 Å². The van der Waals surface area contributed by atoms with Gasteiger partial charge in [0, 0.05) is 83.6 Å². The number of hydrogen-bond acceptors (Lipinski definition) is 10. The summed E-state index contributed by atoms with van der Waals surface area (Å²) in [5.41, 5.74) is 35.3. The molecule has 0 radical (unpaired) electrons. The third-order valence-corrected chi connectivity index (χ3v) is 14.8. The lowest BCUT2D eigenvalue weighted by Crippen LogP contribution is -2.14. The Labute approximate surface area is 427 Å². The number of nitrogens with one attached hydrogen (secondary N) is 3. The van der Waals surface area contributed by atoms with Gasteiger partial charge >= 0.3 is 0 Å². The van der Waals surface area contributed by atoms with Crippen LogP contribution in [0.2, 0.25) is 0 Å². The lowest BCUT2D eigenvalue weighted by atomic mass is 9.82. The molecule has 71 heavy (non-hydrogen) atoms. The maximum atomic E-state index is 7.32. The zero-order valence-electron chi connectivity index (χ0n) is 45.4. The minimum atomic E-state index is 0. The molecule has 8 rings (SSSR count). The van der Waals surface area contributed by atoms with Crippen molar-refractivity contribution in [3.05, 3.63) is 147 Å². The van der Waals surface area contributed by atoms with Crippen molar-refractivity contribution in [3.63, 3.8) is 0 Å². The highest BCUT2D eigenvalue weighted by atomic mass is 15.1. The van der Waals surface area contributed by atoms with E-state index in [1.54, 1.807) is 19.9 Å². The predicted molar refractivity (Wildman–Crippen MR) is 305 cm³/mol. The predicted octanol–water partition coefficient (Wildman–Crippen LogP) is 14.9. The smallest absolute Gasteiger partial charge is 0.222 e. The molecule has 6 aromatic rings. The summed E-state index contributed by atoms with van der Waals surface area (Å²) in [6.45, 7) is 41.6. The first-order valence-electron chi connectivity index (χ1n) is 23.9. The lowest BCUT2D eigenvalue weighted by molar-refractivity contribution is 1.02. The number of rotatable bonds is 4. The summed E-state index contributed by atoms with van der Waals surface area (Å²) in [4.78, 5) is 29.1. The molecule has 0 amide bonds. The normalized spacial score (nSPS) is 11.6. The summed E-state index contributed by atoms with van der Waals surface area (Å²) < 4.78 is 0. The van der Waals surface area contributed by atoms with Crippen LogP contribution in [-0.4, -0.2) is 51.2 Å². The Morgan fingerprint density at radius 3 is 1.00 bits per heavy atom. The molecule has 0 aliphatic carbocycles. The highest BCUT2D eigenvalue weighted by Gasteiger charge is 2.29. The molecule has 2 aromatic heterocycles. The Morgan fingerprint density at radius 2 is 0.732 bits per heavy atom. The minimum Gasteiger partial charge on any atom is -0.357 e. The molecule has 376 valence electrons. The van der Waals surface area contributed by atoms with Crippen LogP contribution in [0.15, 0.2) is 34.5 Å². The van der Waals surface area contributed by atoms with Crippen LogP contribution in [0.5, 0.6) is 0 Å². The number of fused-ring (bicyclic) bond motifs is 6. The van der Waals surface area contributed by atoms with E-state index in [2.05, 4.69) is 144 Å². The third kappa shape index (κ3) is 11.2. The van der Waals surface area contributed by atoms with Crippen LogP contribution in [0.3, 0.4) is 0 Å². The van der Waals surface area contributed by atoms with Crippen molar-refractivity contribution >= 4 is 29.0 Å². The lowest BCUT2D eigenvalue weighted by Gasteiger charge is -2.22. The molecule has 4 aromatic carbocycles. The first-order valence-corrected chi connectivity index (χ1v) is 23.9. The van der Waals surface area contributed by atoms with Gasteiger partial charge in [-0.05, 0) is 226 Å². The van der Waals surface area contributed by atoms with Gasteiger partial charge in [-0.1, -0.05) is 14.9 Å². The molecule has 0 fully saturated rings. The molecule has 3 N–H and O–H groups in total. The van der Waals surface area contributed by atoms with Crippen molar-refractivity contribution in [2.24, 2.45) is 9.98 Å². The Bertz CT molecular complexity index is 2880. The molecular weight excluding hydrogens is 873 g/mol. The second-order valence-electron chi connectivity index (χ2n) is 18.9. The van der Waals surface area contributed by atoms with Crippen molar-refractivity contribution in [2.45, 2.75) is 159 Å². The summed E-state index contributed by atoms with van der Waals surface area (Å²) in [6.07, 6.45) is 3.84. The topological polar surface area (TPSA) is 148 Å². The maximum Gasteiger partial charge on any atom is 0.222 e. The number of aliphatic imine (C=N–C) groups is 2. The number of nitriles is 1. The first-order chi connectivity index (χ1) is 32.5. The van der Waals surface area contributed by atoms with E-state index in [0.29, 0.717) is 30.7 Å². The van der Waals surface area contributed by atoms with E-state index in [1.165, 1.54) is 129 Å². The summed E-state index contributed by atoms with van der Waals surface area (Å²) in [7, 11) is 3.72. The van der Waals surface area contributed by atoms with Gasteiger partial charge in [0.1, 0.15) is 0 Å². The zero-order chi connectivity index (χ0) is 51.5. The van der Waals surface area contributed by atoms with E-state index in [1.807, 2.05) is 26.5 Å². The molecule has 0 atom stereocenters. The Balaban J connectivity index is 0.000000324. The second-order valence-corrected chi connectivity index (χ2v) is 18.9. The molecule has 2 aliphatic heterocycles. The van der Waals surface area contributed by atoms with Gasteiger partial charge in [0.15, 0.2) is 0 Å². The fourth-order valence-corrected chi connectivity index (χ4v) is 9.50. The average molecular weight is 955 g/mol. The highest BCUT2D eigenvalue weighted by molar-refractivity contribution is 6.20. The summed E-state index contributed by atoms with van der Waals surface area (Å²) in [5.74, 6) is 1.28. The quantitative estimate of drug-likeness (QED) is 0.149. The molecule has 10 heteroatoms. The van der Waals surface area contributed by atoms with Crippen molar-refractivity contribution < 1.29 is 0 Å². The van der Waals surface area contributed by atoms with Gasteiger partial charge in [0.25, 0.3) is 0 Å². The Hall–Kier alpha value is -6.86. The number of aryl methyl sites for hydroxylation is 2. The van der Waals surface area contributed by atoms with Gasteiger partial charge in [-0.2, -0.15) is 5.26 Å². The fourth-order valence-electron chi connectivity index (χ4n) is 9.50. The Kier molecular flexibility index (Phi) is 19.6. The fraction of sp³-hybridized carbons (Fsp3) is 0.410. The zero-order valence-corrected chi connectivity index (χ0v) is 45.4. The largest absolute Gasteiger partial charge is 0.357 e. The number of hydrogen-bond donors (Lipinski definition) is 3. The van der Waals surface area contributed by atoms with E-state index in [4.69, 9.17) is 30.6 Å². The Morgan fingerprint density at radius 1 is 0.479 bits per heavy atom. The van der Waals surface area contributed by atoms with E-state index in [0.717, 1.165) is 33.9 Å². The van der Waals surface area contributed by atoms with Gasteiger partial charge in [0.2, 0.25) is 11.9 Å². The van der Waals surface area contributed by atoms with Crippen LogP contribution in [0.25, 0.3) is 22.5 Å². The van der Waals surface area contributed by atoms with Crippen LogP contribution >= 0.6 is 0 Å². The molecule has 2 aliphatic rings. The molecular formula is C61H82N10. The minimum absolute atomic E-state index is 0. The molecule has 0 bridgehead atoms. The molecule has 10 nitrogen and oxygen atoms in total. The first kappa shape index (κ1) is 58.5. The van der Waals surface area contributed by atoms with Gasteiger partial charge in [0.05, 0.1) is 42.0 Å². The summed E-state index contributed by atoms with van der Waals surface area (Å²) >= 11 is 0. The van der Waals surface area contributed by atoms with Crippen molar-refractivity contribution in [3.8, 4) is 28.6 Å². The van der Waals surface area contributed by atoms with Crippen LogP contribution in [0, 0.1) is 128 Å². The van der Waals surface area contributed by atoms with Gasteiger partial charge < -0.3 is 16.0 Å². The van der Waals surface area contributed by atoms with E-state index < -0.39 is 0 Å². The number of anilines is 2. The van der Waals surface area contributed by atoms with E-state index in [9.17, 15) is 0 Å². The molecule has 0 saturated heterocycles. The van der Waals surface area contributed by atoms with Crippen LogP contribution < -0.4 is 10.6 Å². The number of aromatic nitrogens is 4. The van der Waals surface area contributed by atoms with Crippen molar-refractivity contribution in [1.82, 2.24) is 19.9 Å². The van der Waals surface area contributed by atoms with Crippen LogP contribution in [0.1, 0.15) is 158 Å². The monoisotopic (exact) mass is 955 g/mol. The van der Waals surface area contributed by atoms with Gasteiger partial charge in [-0.15, -0.1) is 0 Å². The SMILES string of the molecule is C.C.CC#N.CC(C)=N.CNc1ncc2c(n1)-c1c(cc(C)c(C)c1C)C(c1c(C)c(C)c(C)c(C)c1C)=NC2.CNc1ncc2c(n1)-c1c(cc(C)c(C)c1C)C(c1c(C)c(C)c(C)c(C)c1C)=NC2. The number of nitrogens with zero attached hydrogens (tertiary/aromatic N) is 7. The molecule has 0 saturated carbocycles.